The molecule has 0 bridgehead atoms. The van der Waals surface area contributed by atoms with Gasteiger partial charge < -0.3 is 4.90 Å². The quantitative estimate of drug-likeness (QED) is 0.839. The van der Waals surface area contributed by atoms with Crippen molar-refractivity contribution in [3.05, 3.63) is 17.0 Å². The molecule has 0 aliphatic carbocycles. The van der Waals surface area contributed by atoms with Crippen molar-refractivity contribution < 1.29 is 13.2 Å². The van der Waals surface area contributed by atoms with Gasteiger partial charge in [0.1, 0.15) is 5.25 Å². The summed E-state index contributed by atoms with van der Waals surface area (Å²) in [6.45, 7) is 9.29. The maximum atomic E-state index is 12.8. The summed E-state index contributed by atoms with van der Waals surface area (Å²) < 4.78 is 26.5. The predicted molar refractivity (Wildman–Crippen MR) is 89.9 cm³/mol. The van der Waals surface area contributed by atoms with Gasteiger partial charge in [-0.15, -0.1) is 0 Å². The minimum absolute atomic E-state index is 0.0685. The van der Waals surface area contributed by atoms with Crippen molar-refractivity contribution in [2.24, 2.45) is 7.05 Å². The lowest BCUT2D eigenvalue weighted by atomic mass is 10.0. The minimum atomic E-state index is -3.45. The Hall–Kier alpha value is -1.37. The first kappa shape index (κ1) is 18.0. The van der Waals surface area contributed by atoms with E-state index in [4.69, 9.17) is 0 Å². The summed E-state index contributed by atoms with van der Waals surface area (Å²) in [4.78, 5) is 14.6. The first-order valence-electron chi connectivity index (χ1n) is 8.12. The van der Waals surface area contributed by atoms with E-state index in [-0.39, 0.29) is 11.9 Å². The van der Waals surface area contributed by atoms with Crippen molar-refractivity contribution in [3.8, 4) is 0 Å². The van der Waals surface area contributed by atoms with E-state index in [9.17, 15) is 13.2 Å². The molecule has 1 fully saturated rings. The predicted octanol–water partition coefficient (Wildman–Crippen LogP) is 1.91. The van der Waals surface area contributed by atoms with E-state index in [2.05, 4.69) is 5.10 Å². The molecular formula is C16H27N3O3S. The molecule has 2 rings (SSSR count). The van der Waals surface area contributed by atoms with E-state index in [1.165, 1.54) is 6.92 Å². The zero-order valence-electron chi connectivity index (χ0n) is 14.8. The molecule has 0 N–H and O–H groups in total. The highest BCUT2D eigenvalue weighted by Crippen LogP contribution is 2.36. The first-order chi connectivity index (χ1) is 10.6. The largest absolute Gasteiger partial charge is 0.334 e. The van der Waals surface area contributed by atoms with Gasteiger partial charge >= 0.3 is 0 Å². The molecule has 0 aromatic carbocycles. The third-order valence-corrected chi connectivity index (χ3v) is 7.43. The summed E-state index contributed by atoms with van der Waals surface area (Å²) in [5.74, 6) is -0.288. The third kappa shape index (κ3) is 3.03. The second kappa shape index (κ2) is 6.26. The minimum Gasteiger partial charge on any atom is -0.334 e. The van der Waals surface area contributed by atoms with Crippen LogP contribution in [-0.4, -0.2) is 46.1 Å². The maximum Gasteiger partial charge on any atom is 0.241 e. The van der Waals surface area contributed by atoms with E-state index >= 15 is 0 Å². The van der Waals surface area contributed by atoms with Crippen LogP contribution in [0, 0.1) is 13.8 Å². The third-order valence-electron chi connectivity index (χ3n) is 4.93. The molecule has 6 nitrogen and oxygen atoms in total. The summed E-state index contributed by atoms with van der Waals surface area (Å²) in [7, 11) is -1.56. The molecule has 0 spiro atoms. The Morgan fingerprint density at radius 1 is 1.26 bits per heavy atom. The summed E-state index contributed by atoms with van der Waals surface area (Å²) in [5.41, 5.74) is 3.01. The lowest BCUT2D eigenvalue weighted by Gasteiger charge is -2.28. The van der Waals surface area contributed by atoms with Crippen LogP contribution in [0.5, 0.6) is 0 Å². The van der Waals surface area contributed by atoms with Crippen molar-refractivity contribution in [3.63, 3.8) is 0 Å². The highest BCUT2D eigenvalue weighted by atomic mass is 32.2. The van der Waals surface area contributed by atoms with Gasteiger partial charge in [-0.05, 0) is 47.5 Å². The first-order valence-corrected chi connectivity index (χ1v) is 9.73. The second-order valence-corrected chi connectivity index (χ2v) is 9.51. The fourth-order valence-corrected chi connectivity index (χ4v) is 4.62. The van der Waals surface area contributed by atoms with Crippen LogP contribution in [0.25, 0.3) is 0 Å². The maximum absolute atomic E-state index is 12.8. The van der Waals surface area contributed by atoms with Crippen LogP contribution in [0.2, 0.25) is 0 Å². The highest BCUT2D eigenvalue weighted by molar-refractivity contribution is 7.93. The lowest BCUT2D eigenvalue weighted by Crippen LogP contribution is -2.43. The molecule has 1 aromatic rings. The van der Waals surface area contributed by atoms with Crippen LogP contribution >= 0.6 is 0 Å². The lowest BCUT2D eigenvalue weighted by molar-refractivity contribution is -0.131. The number of aryl methyl sites for hydroxylation is 2. The number of amides is 1. The Morgan fingerprint density at radius 3 is 2.35 bits per heavy atom. The Kier molecular flexibility index (Phi) is 4.89. The van der Waals surface area contributed by atoms with Crippen LogP contribution in [-0.2, 0) is 21.7 Å². The zero-order chi connectivity index (χ0) is 17.5. The molecule has 1 saturated heterocycles. The smallest absolute Gasteiger partial charge is 0.241 e. The molecule has 0 radical (unpaired) electrons. The van der Waals surface area contributed by atoms with Crippen LogP contribution in [0.15, 0.2) is 0 Å². The van der Waals surface area contributed by atoms with Crippen molar-refractivity contribution in [1.82, 2.24) is 14.7 Å². The molecule has 0 unspecified atom stereocenters. The van der Waals surface area contributed by atoms with Gasteiger partial charge in [0.15, 0.2) is 9.84 Å². The van der Waals surface area contributed by atoms with Gasteiger partial charge in [0.2, 0.25) is 5.91 Å². The van der Waals surface area contributed by atoms with Gasteiger partial charge in [-0.2, -0.15) is 5.10 Å². The van der Waals surface area contributed by atoms with Gasteiger partial charge in [0.05, 0.1) is 17.0 Å². The number of likely N-dealkylation sites (tertiary alicyclic amines) is 1. The van der Waals surface area contributed by atoms with Crippen LogP contribution < -0.4 is 0 Å². The summed E-state index contributed by atoms with van der Waals surface area (Å²) in [6.07, 6.45) is 1.74. The van der Waals surface area contributed by atoms with Crippen molar-refractivity contribution in [2.75, 3.05) is 6.54 Å². The number of aromatic nitrogens is 2. The number of carbonyl (C=O) groups excluding carboxylic acids is 1. The van der Waals surface area contributed by atoms with Gasteiger partial charge in [-0.25, -0.2) is 8.42 Å². The SMILES string of the molecule is Cc1nn(C)c(C)c1[C@@H]1CCCN1C(=O)[C@@H](C)S(=O)(=O)C(C)C. The summed E-state index contributed by atoms with van der Waals surface area (Å²) >= 11 is 0. The van der Waals surface area contributed by atoms with E-state index in [0.29, 0.717) is 6.54 Å². The Balaban J connectivity index is 2.34. The number of rotatable bonds is 4. The second-order valence-electron chi connectivity index (χ2n) is 6.68. The number of carbonyl (C=O) groups is 1. The van der Waals surface area contributed by atoms with E-state index in [1.54, 1.807) is 18.7 Å². The Morgan fingerprint density at radius 2 is 1.87 bits per heavy atom. The molecule has 2 atom stereocenters. The topological polar surface area (TPSA) is 72.3 Å². The highest BCUT2D eigenvalue weighted by Gasteiger charge is 2.40. The van der Waals surface area contributed by atoms with Crippen LogP contribution in [0.3, 0.4) is 0 Å². The molecule has 0 saturated carbocycles. The van der Waals surface area contributed by atoms with Gasteiger partial charge in [0.25, 0.3) is 0 Å². The fourth-order valence-electron chi connectivity index (χ4n) is 3.39. The van der Waals surface area contributed by atoms with Crippen molar-refractivity contribution in [1.29, 1.82) is 0 Å². The van der Waals surface area contributed by atoms with Crippen molar-refractivity contribution >= 4 is 15.7 Å². The molecule has 1 aliphatic rings. The molecule has 1 amide bonds. The van der Waals surface area contributed by atoms with E-state index in [0.717, 1.165) is 29.8 Å². The molecule has 130 valence electrons. The molecular weight excluding hydrogens is 314 g/mol. The average molecular weight is 341 g/mol. The number of sulfone groups is 1. The summed E-state index contributed by atoms with van der Waals surface area (Å²) in [6, 6.07) is -0.0685. The molecule has 23 heavy (non-hydrogen) atoms. The fraction of sp³-hybridized carbons (Fsp3) is 0.750. The van der Waals surface area contributed by atoms with Gasteiger partial charge in [-0.3, -0.25) is 9.48 Å². The van der Waals surface area contributed by atoms with Crippen LogP contribution in [0.1, 0.15) is 56.6 Å². The normalized spacial score (nSPS) is 20.3. The number of hydrogen-bond donors (Lipinski definition) is 0. The standard InChI is InChI=1S/C16H27N3O3S/c1-10(2)23(21,22)13(5)16(20)19-9-7-8-14(19)15-11(3)17-18(6)12(15)4/h10,13-14H,7-9H2,1-6H3/t13-,14+/m1/s1. The van der Waals surface area contributed by atoms with Gasteiger partial charge in [-0.1, -0.05) is 0 Å². The van der Waals surface area contributed by atoms with Gasteiger partial charge in [0, 0.05) is 24.8 Å². The summed E-state index contributed by atoms with van der Waals surface area (Å²) in [5, 5.41) is 2.88. The Bertz CT molecular complexity index is 706. The number of hydrogen-bond acceptors (Lipinski definition) is 4. The zero-order valence-corrected chi connectivity index (χ0v) is 15.6. The van der Waals surface area contributed by atoms with Crippen LogP contribution in [0.4, 0.5) is 0 Å². The number of nitrogens with zero attached hydrogens (tertiary/aromatic N) is 3. The average Bonchev–Trinajstić information content (AvgIpc) is 3.02. The molecule has 1 aliphatic heterocycles. The molecule has 1 aromatic heterocycles. The van der Waals surface area contributed by atoms with E-state index in [1.807, 2.05) is 25.6 Å². The van der Waals surface area contributed by atoms with Crippen molar-refractivity contribution in [2.45, 2.75) is 64.0 Å². The molecule has 7 heteroatoms. The monoisotopic (exact) mass is 341 g/mol. The van der Waals surface area contributed by atoms with E-state index < -0.39 is 20.3 Å². The Labute approximate surface area is 138 Å². The molecule has 2 heterocycles.